The molecule has 0 spiro atoms. The van der Waals surface area contributed by atoms with Crippen LogP contribution in [0.15, 0.2) is 24.3 Å². The molecule has 0 radical (unpaired) electrons. The van der Waals surface area contributed by atoms with Crippen LogP contribution >= 0.6 is 0 Å². The highest BCUT2D eigenvalue weighted by atomic mass is 16.1. The van der Waals surface area contributed by atoms with Crippen LogP contribution in [0.4, 0.5) is 0 Å². The van der Waals surface area contributed by atoms with E-state index < -0.39 is 0 Å². The van der Waals surface area contributed by atoms with Crippen LogP contribution in [-0.4, -0.2) is 18.9 Å². The molecule has 1 N–H and O–H groups in total. The molecule has 3 rings (SSSR count). The second-order valence-electron chi connectivity index (χ2n) is 5.69. The highest BCUT2D eigenvalue weighted by Gasteiger charge is 2.29. The Kier molecular flexibility index (Phi) is 3.46. The van der Waals surface area contributed by atoms with Gasteiger partial charge in [-0.15, -0.1) is 0 Å². The number of benzene rings is 1. The van der Waals surface area contributed by atoms with E-state index in [-0.39, 0.29) is 5.92 Å². The summed E-state index contributed by atoms with van der Waals surface area (Å²) in [5, 5.41) is 3.48. The van der Waals surface area contributed by atoms with Gasteiger partial charge in [0.1, 0.15) is 0 Å². The predicted molar refractivity (Wildman–Crippen MR) is 72.8 cm³/mol. The number of nitrogens with one attached hydrogen (secondary N) is 1. The van der Waals surface area contributed by atoms with Crippen molar-refractivity contribution in [1.82, 2.24) is 5.32 Å². The first-order valence-electron chi connectivity index (χ1n) is 7.17. The Morgan fingerprint density at radius 1 is 1.11 bits per heavy atom. The molecule has 2 nitrogen and oxygen atoms in total. The van der Waals surface area contributed by atoms with Gasteiger partial charge in [0.2, 0.25) is 0 Å². The molecule has 0 aromatic heterocycles. The van der Waals surface area contributed by atoms with Crippen molar-refractivity contribution in [2.75, 3.05) is 13.1 Å². The smallest absolute Gasteiger partial charge is 0.166 e. The van der Waals surface area contributed by atoms with Crippen LogP contribution in [0, 0.1) is 11.8 Å². The van der Waals surface area contributed by atoms with Crippen LogP contribution in [0.5, 0.6) is 0 Å². The van der Waals surface area contributed by atoms with Crippen molar-refractivity contribution < 1.29 is 4.79 Å². The van der Waals surface area contributed by atoms with E-state index in [4.69, 9.17) is 0 Å². The average Bonchev–Trinajstić information content (AvgIpc) is 3.16. The zero-order chi connectivity index (χ0) is 12.4. The molecule has 2 aliphatic carbocycles. The van der Waals surface area contributed by atoms with Gasteiger partial charge in [-0.2, -0.15) is 0 Å². The summed E-state index contributed by atoms with van der Waals surface area (Å²) in [4.78, 5) is 12.2. The van der Waals surface area contributed by atoms with Crippen LogP contribution in [0.25, 0.3) is 0 Å². The normalized spacial score (nSPS) is 22.2. The molecule has 0 amide bonds. The van der Waals surface area contributed by atoms with E-state index in [9.17, 15) is 4.79 Å². The molecule has 2 aliphatic rings. The summed E-state index contributed by atoms with van der Waals surface area (Å²) in [6, 6.07) is 8.06. The van der Waals surface area contributed by atoms with Gasteiger partial charge >= 0.3 is 0 Å². The Morgan fingerprint density at radius 2 is 1.89 bits per heavy atom. The number of carbonyl (C=O) groups excluding carboxylic acids is 1. The third-order valence-corrected chi connectivity index (χ3v) is 4.22. The number of rotatable bonds is 6. The van der Waals surface area contributed by atoms with E-state index in [0.29, 0.717) is 5.78 Å². The minimum absolute atomic E-state index is 0.218. The lowest BCUT2D eigenvalue weighted by atomic mass is 10.0. The molecule has 1 atom stereocenters. The molecule has 1 saturated carbocycles. The first-order chi connectivity index (χ1) is 8.84. The van der Waals surface area contributed by atoms with Gasteiger partial charge in [0.25, 0.3) is 0 Å². The van der Waals surface area contributed by atoms with Gasteiger partial charge in [0.15, 0.2) is 5.78 Å². The molecule has 0 saturated heterocycles. The zero-order valence-electron chi connectivity index (χ0n) is 10.8. The maximum absolute atomic E-state index is 12.2. The summed E-state index contributed by atoms with van der Waals surface area (Å²) in [5.74, 6) is 1.57. The first-order valence-corrected chi connectivity index (χ1v) is 7.17. The van der Waals surface area contributed by atoms with Gasteiger partial charge in [-0.1, -0.05) is 37.1 Å². The first kappa shape index (κ1) is 11.9. The summed E-state index contributed by atoms with van der Waals surface area (Å²) in [5.41, 5.74) is 2.20. The van der Waals surface area contributed by atoms with Gasteiger partial charge in [0, 0.05) is 11.5 Å². The molecule has 1 fully saturated rings. The van der Waals surface area contributed by atoms with E-state index >= 15 is 0 Å². The Labute approximate surface area is 109 Å². The van der Waals surface area contributed by atoms with Crippen LogP contribution in [-0.2, 0) is 6.42 Å². The molecule has 0 bridgehead atoms. The summed E-state index contributed by atoms with van der Waals surface area (Å²) in [7, 11) is 0. The Bertz CT molecular complexity index is 436. The van der Waals surface area contributed by atoms with Crippen molar-refractivity contribution in [2.24, 2.45) is 11.8 Å². The molecular weight excluding hydrogens is 222 g/mol. The summed E-state index contributed by atoms with van der Waals surface area (Å²) >= 11 is 0. The number of hydrogen-bond donors (Lipinski definition) is 1. The van der Waals surface area contributed by atoms with Crippen LogP contribution in [0.1, 0.15) is 41.6 Å². The fourth-order valence-electron chi connectivity index (χ4n) is 2.86. The third kappa shape index (κ3) is 2.64. The minimum Gasteiger partial charge on any atom is -0.317 e. The van der Waals surface area contributed by atoms with Crippen LogP contribution in [0.2, 0.25) is 0 Å². The fourth-order valence-corrected chi connectivity index (χ4v) is 2.86. The van der Waals surface area contributed by atoms with E-state index in [1.807, 2.05) is 18.2 Å². The number of fused-ring (bicyclic) bond motifs is 1. The molecule has 2 heteroatoms. The number of ketones is 1. The molecule has 1 unspecified atom stereocenters. The average molecular weight is 243 g/mol. The Balaban J connectivity index is 1.43. The highest BCUT2D eigenvalue weighted by molar-refractivity contribution is 6.02. The minimum atomic E-state index is 0.218. The quantitative estimate of drug-likeness (QED) is 0.778. The summed E-state index contributed by atoms with van der Waals surface area (Å²) in [6.07, 6.45) is 6.10. The SMILES string of the molecule is O=C1c2ccccc2CC1CCNCCC1CC1. The van der Waals surface area contributed by atoms with Crippen molar-refractivity contribution in [3.8, 4) is 0 Å². The lowest BCUT2D eigenvalue weighted by molar-refractivity contribution is 0.0931. The van der Waals surface area contributed by atoms with Gasteiger partial charge < -0.3 is 5.32 Å². The molecule has 0 aliphatic heterocycles. The second-order valence-corrected chi connectivity index (χ2v) is 5.69. The van der Waals surface area contributed by atoms with E-state index in [1.54, 1.807) is 0 Å². The largest absolute Gasteiger partial charge is 0.317 e. The maximum atomic E-state index is 12.2. The monoisotopic (exact) mass is 243 g/mol. The fraction of sp³-hybridized carbons (Fsp3) is 0.562. The summed E-state index contributed by atoms with van der Waals surface area (Å²) < 4.78 is 0. The number of hydrogen-bond acceptors (Lipinski definition) is 2. The molecule has 18 heavy (non-hydrogen) atoms. The van der Waals surface area contributed by atoms with Crippen molar-refractivity contribution in [1.29, 1.82) is 0 Å². The second kappa shape index (κ2) is 5.23. The number of Topliss-reactive ketones (excluding diaryl/α,β-unsaturated/α-hetero) is 1. The lowest BCUT2D eigenvalue weighted by Gasteiger charge is -2.08. The standard InChI is InChI=1S/C16H21NO/c18-16-14(8-10-17-9-7-12-5-6-12)11-13-3-1-2-4-15(13)16/h1-4,12,14,17H,5-11H2. The Hall–Kier alpha value is -1.15. The molecule has 1 aromatic rings. The van der Waals surface area contributed by atoms with E-state index in [0.717, 1.165) is 37.4 Å². The predicted octanol–water partition coefficient (Wildman–Crippen LogP) is 2.82. The molecule has 0 heterocycles. The number of carbonyl (C=O) groups is 1. The highest BCUT2D eigenvalue weighted by Crippen LogP contribution is 2.31. The lowest BCUT2D eigenvalue weighted by Crippen LogP contribution is -2.22. The van der Waals surface area contributed by atoms with Gasteiger partial charge in [-0.3, -0.25) is 4.79 Å². The maximum Gasteiger partial charge on any atom is 0.166 e. The van der Waals surface area contributed by atoms with Crippen LogP contribution < -0.4 is 5.32 Å². The van der Waals surface area contributed by atoms with Crippen molar-refractivity contribution in [2.45, 2.75) is 32.1 Å². The van der Waals surface area contributed by atoms with Crippen LogP contribution in [0.3, 0.4) is 0 Å². The van der Waals surface area contributed by atoms with Crippen molar-refractivity contribution in [3.05, 3.63) is 35.4 Å². The molecular formula is C16H21NO. The Morgan fingerprint density at radius 3 is 2.67 bits per heavy atom. The van der Waals surface area contributed by atoms with E-state index in [2.05, 4.69) is 11.4 Å². The van der Waals surface area contributed by atoms with E-state index in [1.165, 1.54) is 24.8 Å². The van der Waals surface area contributed by atoms with Crippen molar-refractivity contribution >= 4 is 5.78 Å². The topological polar surface area (TPSA) is 29.1 Å². The third-order valence-electron chi connectivity index (χ3n) is 4.22. The molecule has 1 aromatic carbocycles. The van der Waals surface area contributed by atoms with Crippen molar-refractivity contribution in [3.63, 3.8) is 0 Å². The zero-order valence-corrected chi connectivity index (χ0v) is 10.8. The van der Waals surface area contributed by atoms with Gasteiger partial charge in [-0.05, 0) is 43.8 Å². The summed E-state index contributed by atoms with van der Waals surface area (Å²) in [6.45, 7) is 2.11. The molecule has 96 valence electrons. The van der Waals surface area contributed by atoms with Gasteiger partial charge in [-0.25, -0.2) is 0 Å². The van der Waals surface area contributed by atoms with Gasteiger partial charge in [0.05, 0.1) is 0 Å².